The van der Waals surface area contributed by atoms with Gasteiger partial charge in [0, 0.05) is 21.4 Å². The van der Waals surface area contributed by atoms with Crippen LogP contribution in [0, 0.1) is 0 Å². The predicted molar refractivity (Wildman–Crippen MR) is 166 cm³/mol. The summed E-state index contributed by atoms with van der Waals surface area (Å²) in [7, 11) is 0. The monoisotopic (exact) mass is 655 g/mol. The van der Waals surface area contributed by atoms with Gasteiger partial charge in [0.25, 0.3) is 5.78 Å². The number of ketones is 1. The first-order chi connectivity index (χ1) is 20.8. The Morgan fingerprint density at radius 3 is 2.67 bits per heavy atom. The van der Waals surface area contributed by atoms with Crippen LogP contribution < -0.4 is 19.1 Å². The number of Topliss-reactive ketones (excluding diaryl/α,β-unsaturated/α-hetero) is 1. The average molecular weight is 657 g/mol. The Bertz CT molecular complexity index is 1760. The van der Waals surface area contributed by atoms with Crippen molar-refractivity contribution < 1.29 is 28.9 Å². The summed E-state index contributed by atoms with van der Waals surface area (Å²) < 4.78 is 17.5. The number of fused-ring (bicyclic) bond motifs is 1. The summed E-state index contributed by atoms with van der Waals surface area (Å²) in [6.07, 6.45) is 0. The third kappa shape index (κ3) is 5.90. The summed E-state index contributed by atoms with van der Waals surface area (Å²) in [5.41, 5.74) is 1.64. The van der Waals surface area contributed by atoms with Gasteiger partial charge in [-0.1, -0.05) is 64.5 Å². The lowest BCUT2D eigenvalue weighted by atomic mass is 9.95. The van der Waals surface area contributed by atoms with Gasteiger partial charge in [0.15, 0.2) is 15.8 Å². The van der Waals surface area contributed by atoms with E-state index in [-0.39, 0.29) is 16.5 Å². The van der Waals surface area contributed by atoms with Gasteiger partial charge in [-0.05, 0) is 60.5 Å². The number of hydrogen-bond acceptors (Lipinski definition) is 10. The Balaban J connectivity index is 1.39. The quantitative estimate of drug-likeness (QED) is 0.0710. The van der Waals surface area contributed by atoms with E-state index in [4.69, 9.17) is 37.4 Å². The molecule has 1 N–H and O–H groups in total. The standard InChI is InChI=1S/C30H23Cl2N3O6S2/c1-2-39-20-5-3-4-16(12-20)25-24(26(36)17-7-9-22-23(13-17)41-11-10-40-22)27(37)28(38)35(25)29-33-34-30(43-29)42-15-18-6-8-19(31)14-21(18)32/h3-9,12-14,25,36H,2,10-11,15H2,1H3/t25-/m1/s1. The van der Waals surface area contributed by atoms with Crippen molar-refractivity contribution in [3.05, 3.63) is 93.0 Å². The van der Waals surface area contributed by atoms with Crippen LogP contribution in [0.15, 0.2) is 70.6 Å². The number of thioether (sulfide) groups is 1. The summed E-state index contributed by atoms with van der Waals surface area (Å²) in [5, 5.41) is 21.3. The first-order valence-electron chi connectivity index (χ1n) is 13.2. The maximum absolute atomic E-state index is 13.6. The van der Waals surface area contributed by atoms with Crippen molar-refractivity contribution in [1.82, 2.24) is 10.2 Å². The van der Waals surface area contributed by atoms with Crippen LogP contribution in [0.2, 0.25) is 10.0 Å². The van der Waals surface area contributed by atoms with Gasteiger partial charge >= 0.3 is 5.91 Å². The number of aliphatic hydroxyl groups is 1. The van der Waals surface area contributed by atoms with Gasteiger partial charge in [-0.2, -0.15) is 0 Å². The molecule has 0 radical (unpaired) electrons. The minimum Gasteiger partial charge on any atom is -0.507 e. The molecule has 220 valence electrons. The molecule has 43 heavy (non-hydrogen) atoms. The summed E-state index contributed by atoms with van der Waals surface area (Å²) in [5.74, 6) is -0.0165. The molecule has 1 atom stereocenters. The number of benzene rings is 3. The van der Waals surface area contributed by atoms with Gasteiger partial charge < -0.3 is 19.3 Å². The van der Waals surface area contributed by atoms with Crippen LogP contribution in [-0.4, -0.2) is 46.8 Å². The fourth-order valence-electron chi connectivity index (χ4n) is 4.77. The second-order valence-electron chi connectivity index (χ2n) is 9.41. The molecule has 4 aromatic rings. The second-order valence-corrected chi connectivity index (χ2v) is 12.4. The van der Waals surface area contributed by atoms with Gasteiger partial charge in [-0.25, -0.2) is 0 Å². The lowest BCUT2D eigenvalue weighted by molar-refractivity contribution is -0.132. The smallest absolute Gasteiger partial charge is 0.301 e. The van der Waals surface area contributed by atoms with E-state index in [1.165, 1.54) is 16.7 Å². The van der Waals surface area contributed by atoms with E-state index in [1.807, 2.05) is 13.0 Å². The van der Waals surface area contributed by atoms with Gasteiger partial charge in [-0.3, -0.25) is 14.5 Å². The maximum Gasteiger partial charge on any atom is 0.301 e. The molecule has 0 unspecified atom stereocenters. The number of aromatic nitrogens is 2. The number of carbonyl (C=O) groups is 2. The molecule has 3 heterocycles. The van der Waals surface area contributed by atoms with Gasteiger partial charge in [0.05, 0.1) is 18.2 Å². The van der Waals surface area contributed by atoms with Crippen LogP contribution in [0.25, 0.3) is 5.76 Å². The van der Waals surface area contributed by atoms with E-state index in [0.717, 1.165) is 16.9 Å². The molecule has 0 aliphatic carbocycles. The van der Waals surface area contributed by atoms with Crippen molar-refractivity contribution >= 4 is 68.9 Å². The summed E-state index contributed by atoms with van der Waals surface area (Å²) in [6.45, 7) is 3.05. The number of rotatable bonds is 8. The summed E-state index contributed by atoms with van der Waals surface area (Å²) in [4.78, 5) is 28.5. The molecule has 0 spiro atoms. The molecule has 3 aromatic carbocycles. The SMILES string of the molecule is CCOc1cccc([C@@H]2C(=C(O)c3ccc4c(c3)OCCO4)C(=O)C(=O)N2c2nnc(SCc3ccc(Cl)cc3Cl)s2)c1. The molecule has 1 aromatic heterocycles. The highest BCUT2D eigenvalue weighted by Crippen LogP contribution is 2.45. The summed E-state index contributed by atoms with van der Waals surface area (Å²) in [6, 6.07) is 16.2. The average Bonchev–Trinajstić information content (AvgIpc) is 3.58. The Hall–Kier alpha value is -3.77. The molecule has 2 aliphatic rings. The number of amides is 1. The van der Waals surface area contributed by atoms with Crippen LogP contribution in [-0.2, 0) is 15.3 Å². The van der Waals surface area contributed by atoms with Crippen molar-refractivity contribution in [2.45, 2.75) is 23.1 Å². The zero-order chi connectivity index (χ0) is 30.1. The summed E-state index contributed by atoms with van der Waals surface area (Å²) >= 11 is 14.9. The Morgan fingerprint density at radius 1 is 1.07 bits per heavy atom. The number of aliphatic hydroxyl groups excluding tert-OH is 1. The van der Waals surface area contributed by atoms with Crippen molar-refractivity contribution in [2.75, 3.05) is 24.7 Å². The lowest BCUT2D eigenvalue weighted by Gasteiger charge is -2.23. The van der Waals surface area contributed by atoms with Crippen LogP contribution >= 0.6 is 46.3 Å². The third-order valence-corrected chi connectivity index (χ3v) is 9.40. The Labute approximate surface area is 265 Å². The molecule has 0 saturated carbocycles. The topological polar surface area (TPSA) is 111 Å². The van der Waals surface area contributed by atoms with Crippen molar-refractivity contribution in [3.8, 4) is 17.2 Å². The normalized spacial score (nSPS) is 17.4. The number of ether oxygens (including phenoxy) is 3. The minimum absolute atomic E-state index is 0.0901. The van der Waals surface area contributed by atoms with E-state index in [1.54, 1.807) is 54.6 Å². The number of anilines is 1. The van der Waals surface area contributed by atoms with Crippen molar-refractivity contribution in [2.24, 2.45) is 0 Å². The van der Waals surface area contributed by atoms with Gasteiger partial charge in [0.2, 0.25) is 5.13 Å². The molecule has 1 amide bonds. The molecule has 2 aliphatic heterocycles. The van der Waals surface area contributed by atoms with E-state index >= 15 is 0 Å². The Morgan fingerprint density at radius 2 is 1.88 bits per heavy atom. The fraction of sp³-hybridized carbons (Fsp3) is 0.200. The number of carbonyl (C=O) groups excluding carboxylic acids is 2. The van der Waals surface area contributed by atoms with Gasteiger partial charge in [0.1, 0.15) is 24.7 Å². The molecule has 1 fully saturated rings. The second kappa shape index (κ2) is 12.5. The van der Waals surface area contributed by atoms with Crippen LogP contribution in [0.5, 0.6) is 17.2 Å². The van der Waals surface area contributed by atoms with E-state index in [0.29, 0.717) is 68.3 Å². The predicted octanol–water partition coefficient (Wildman–Crippen LogP) is 6.93. The first-order valence-corrected chi connectivity index (χ1v) is 15.7. The molecule has 1 saturated heterocycles. The Kier molecular flexibility index (Phi) is 8.49. The largest absolute Gasteiger partial charge is 0.507 e. The highest BCUT2D eigenvalue weighted by atomic mass is 35.5. The zero-order valence-corrected chi connectivity index (χ0v) is 25.7. The van der Waals surface area contributed by atoms with Gasteiger partial charge in [-0.15, -0.1) is 10.2 Å². The highest BCUT2D eigenvalue weighted by Gasteiger charge is 2.48. The minimum atomic E-state index is -0.995. The van der Waals surface area contributed by atoms with E-state index in [2.05, 4.69) is 10.2 Å². The van der Waals surface area contributed by atoms with Crippen molar-refractivity contribution in [3.63, 3.8) is 0 Å². The number of hydrogen-bond donors (Lipinski definition) is 1. The molecule has 6 rings (SSSR count). The van der Waals surface area contributed by atoms with Crippen molar-refractivity contribution in [1.29, 1.82) is 0 Å². The zero-order valence-electron chi connectivity index (χ0n) is 22.6. The number of nitrogens with zero attached hydrogens (tertiary/aromatic N) is 3. The van der Waals surface area contributed by atoms with E-state index < -0.39 is 17.7 Å². The van der Waals surface area contributed by atoms with Crippen LogP contribution in [0.1, 0.15) is 29.7 Å². The molecule has 13 heteroatoms. The van der Waals surface area contributed by atoms with E-state index in [9.17, 15) is 14.7 Å². The molecular formula is C30H23Cl2N3O6S2. The molecule has 9 nitrogen and oxygen atoms in total. The molecule has 0 bridgehead atoms. The molecular weight excluding hydrogens is 633 g/mol. The first kappa shape index (κ1) is 29.3. The third-order valence-electron chi connectivity index (χ3n) is 6.71. The van der Waals surface area contributed by atoms with Crippen LogP contribution in [0.4, 0.5) is 5.13 Å². The highest BCUT2D eigenvalue weighted by molar-refractivity contribution is 8.00. The lowest BCUT2D eigenvalue weighted by Crippen LogP contribution is -2.29. The maximum atomic E-state index is 13.6. The number of halogens is 2. The fourth-order valence-corrected chi connectivity index (χ4v) is 7.19. The van der Waals surface area contributed by atoms with Crippen LogP contribution in [0.3, 0.4) is 0 Å².